The van der Waals surface area contributed by atoms with Gasteiger partial charge in [-0.25, -0.2) is 13.2 Å². The van der Waals surface area contributed by atoms with Crippen LogP contribution in [0.1, 0.15) is 42.8 Å². The molecule has 0 bridgehead atoms. The van der Waals surface area contributed by atoms with Crippen molar-refractivity contribution in [2.45, 2.75) is 37.8 Å². The van der Waals surface area contributed by atoms with E-state index in [2.05, 4.69) is 0 Å². The van der Waals surface area contributed by atoms with Crippen molar-refractivity contribution in [1.29, 1.82) is 0 Å². The topological polar surface area (TPSA) is 63.7 Å². The van der Waals surface area contributed by atoms with E-state index in [0.717, 1.165) is 0 Å². The van der Waals surface area contributed by atoms with Crippen LogP contribution >= 0.6 is 11.6 Å². The summed E-state index contributed by atoms with van der Waals surface area (Å²) in [4.78, 5) is 12.5. The van der Waals surface area contributed by atoms with Gasteiger partial charge in [0.05, 0.1) is 10.5 Å². The first-order valence-electron chi connectivity index (χ1n) is 8.18. The largest absolute Gasteiger partial charge is 0.454 e. The Balaban J connectivity index is 2.25. The molecule has 1 atom stereocenters. The highest BCUT2D eigenvalue weighted by Crippen LogP contribution is 2.26. The Labute approximate surface area is 159 Å². The van der Waals surface area contributed by atoms with Gasteiger partial charge in [0.2, 0.25) is 10.0 Å². The number of rotatable bonds is 6. The zero-order valence-corrected chi connectivity index (χ0v) is 16.7. The molecule has 0 saturated carbocycles. The van der Waals surface area contributed by atoms with Gasteiger partial charge in [0.1, 0.15) is 6.10 Å². The zero-order valence-electron chi connectivity index (χ0n) is 15.1. The highest BCUT2D eigenvalue weighted by molar-refractivity contribution is 7.89. The number of hydrogen-bond acceptors (Lipinski definition) is 4. The van der Waals surface area contributed by atoms with Crippen LogP contribution in [0.4, 0.5) is 0 Å². The minimum absolute atomic E-state index is 0.0496. The molecule has 0 fully saturated rings. The van der Waals surface area contributed by atoms with Crippen LogP contribution in [0, 0.1) is 0 Å². The smallest absolute Gasteiger partial charge is 0.338 e. The predicted molar refractivity (Wildman–Crippen MR) is 102 cm³/mol. The van der Waals surface area contributed by atoms with Crippen molar-refractivity contribution < 1.29 is 17.9 Å². The molecule has 2 aromatic carbocycles. The maximum atomic E-state index is 12.6. The van der Waals surface area contributed by atoms with Crippen LogP contribution in [0.3, 0.4) is 0 Å². The summed E-state index contributed by atoms with van der Waals surface area (Å²) < 4.78 is 31.9. The molecule has 0 radical (unpaired) electrons. The zero-order chi connectivity index (χ0) is 19.5. The van der Waals surface area contributed by atoms with Crippen LogP contribution in [-0.2, 0) is 14.8 Å². The molecule has 5 nitrogen and oxygen atoms in total. The molecule has 140 valence electrons. The third kappa shape index (κ3) is 4.44. The normalized spacial score (nSPS) is 13.0. The van der Waals surface area contributed by atoms with E-state index in [1.54, 1.807) is 45.0 Å². The molecule has 7 heteroatoms. The maximum absolute atomic E-state index is 12.6. The number of sulfonamides is 1. The van der Waals surface area contributed by atoms with Crippen molar-refractivity contribution in [3.05, 3.63) is 64.7 Å². The summed E-state index contributed by atoms with van der Waals surface area (Å²) in [6.07, 6.45) is -0.560. The molecule has 0 aliphatic rings. The first-order valence-corrected chi connectivity index (χ1v) is 10.00. The summed E-state index contributed by atoms with van der Waals surface area (Å²) >= 11 is 6.12. The molecular weight excluding hydrogens is 374 g/mol. The molecule has 0 amide bonds. The molecule has 2 aromatic rings. The third-order valence-corrected chi connectivity index (χ3v) is 6.47. The fraction of sp³-hybridized carbons (Fsp3) is 0.316. The second-order valence-electron chi connectivity index (χ2n) is 6.21. The number of benzene rings is 2. The van der Waals surface area contributed by atoms with Crippen LogP contribution < -0.4 is 0 Å². The summed E-state index contributed by atoms with van der Waals surface area (Å²) in [6.45, 7) is 5.27. The average Bonchev–Trinajstić information content (AvgIpc) is 2.61. The SMILES string of the molecule is CC(C)N(C)S(=O)(=O)c1cccc(C(=O)O[C@H](C)c2ccccc2Cl)c1. The molecule has 0 aliphatic carbocycles. The van der Waals surface area contributed by atoms with Gasteiger partial charge in [-0.05, 0) is 45.0 Å². The van der Waals surface area contributed by atoms with Gasteiger partial charge in [0, 0.05) is 23.7 Å². The van der Waals surface area contributed by atoms with E-state index in [1.165, 1.54) is 35.6 Å². The Hall–Kier alpha value is -1.89. The highest BCUT2D eigenvalue weighted by atomic mass is 35.5. The molecule has 0 spiro atoms. The van der Waals surface area contributed by atoms with Crippen LogP contribution in [0.2, 0.25) is 5.02 Å². The predicted octanol–water partition coefficient (Wildman–Crippen LogP) is 4.29. The summed E-state index contributed by atoms with van der Waals surface area (Å²) in [5.74, 6) is -0.610. The third-order valence-electron chi connectivity index (χ3n) is 4.10. The number of esters is 1. The second kappa shape index (κ2) is 8.20. The Morgan fingerprint density at radius 3 is 2.35 bits per heavy atom. The lowest BCUT2D eigenvalue weighted by Gasteiger charge is -2.21. The van der Waals surface area contributed by atoms with E-state index < -0.39 is 22.1 Å². The molecule has 0 aromatic heterocycles. The lowest BCUT2D eigenvalue weighted by molar-refractivity contribution is 0.0338. The summed E-state index contributed by atoms with van der Waals surface area (Å²) in [5.41, 5.74) is 0.855. The maximum Gasteiger partial charge on any atom is 0.338 e. The van der Waals surface area contributed by atoms with Crippen LogP contribution in [-0.4, -0.2) is 31.8 Å². The summed E-state index contributed by atoms with van der Waals surface area (Å²) in [7, 11) is -2.17. The van der Waals surface area contributed by atoms with Gasteiger partial charge < -0.3 is 4.74 Å². The van der Waals surface area contributed by atoms with Gasteiger partial charge >= 0.3 is 5.97 Å². The van der Waals surface area contributed by atoms with E-state index in [9.17, 15) is 13.2 Å². The van der Waals surface area contributed by atoms with Crippen molar-refractivity contribution >= 4 is 27.6 Å². The highest BCUT2D eigenvalue weighted by Gasteiger charge is 2.24. The van der Waals surface area contributed by atoms with Gasteiger partial charge in [-0.1, -0.05) is 35.9 Å². The van der Waals surface area contributed by atoms with E-state index in [-0.39, 0.29) is 16.5 Å². The van der Waals surface area contributed by atoms with Gasteiger partial charge in [0.25, 0.3) is 0 Å². The Morgan fingerprint density at radius 1 is 1.08 bits per heavy atom. The number of carbonyl (C=O) groups excluding carboxylic acids is 1. The monoisotopic (exact) mass is 395 g/mol. The minimum atomic E-state index is -3.68. The molecule has 0 aliphatic heterocycles. The molecule has 0 N–H and O–H groups in total. The first kappa shape index (κ1) is 20.4. The van der Waals surface area contributed by atoms with Crippen molar-refractivity contribution in [3.63, 3.8) is 0 Å². The lowest BCUT2D eigenvalue weighted by atomic mass is 10.1. The van der Waals surface area contributed by atoms with Crippen molar-refractivity contribution in [1.82, 2.24) is 4.31 Å². The first-order chi connectivity index (χ1) is 12.1. The van der Waals surface area contributed by atoms with E-state index in [1.807, 2.05) is 0 Å². The summed E-state index contributed by atoms with van der Waals surface area (Å²) in [6, 6.07) is 12.7. The quantitative estimate of drug-likeness (QED) is 0.684. The molecular formula is C19H22ClNO4S. The Bertz CT molecular complexity index is 896. The van der Waals surface area contributed by atoms with Gasteiger partial charge in [-0.15, -0.1) is 0 Å². The van der Waals surface area contributed by atoms with Gasteiger partial charge in [-0.2, -0.15) is 4.31 Å². The minimum Gasteiger partial charge on any atom is -0.454 e. The fourth-order valence-electron chi connectivity index (χ4n) is 2.32. The number of carbonyl (C=O) groups is 1. The number of halogens is 1. The van der Waals surface area contributed by atoms with Gasteiger partial charge in [0.15, 0.2) is 0 Å². The standard InChI is InChI=1S/C19H22ClNO4S/c1-13(2)21(4)26(23,24)16-9-7-8-15(12-16)19(22)25-14(3)17-10-5-6-11-18(17)20/h5-14H,1-4H3/t14-/m1/s1. The van der Waals surface area contributed by atoms with Crippen LogP contribution in [0.5, 0.6) is 0 Å². The Kier molecular flexibility index (Phi) is 6.44. The number of nitrogens with zero attached hydrogens (tertiary/aromatic N) is 1. The molecule has 0 unspecified atom stereocenters. The van der Waals surface area contributed by atoms with E-state index in [4.69, 9.17) is 16.3 Å². The van der Waals surface area contributed by atoms with Crippen molar-refractivity contribution in [3.8, 4) is 0 Å². The average molecular weight is 396 g/mol. The Morgan fingerprint density at radius 2 is 1.73 bits per heavy atom. The van der Waals surface area contributed by atoms with Crippen molar-refractivity contribution in [2.24, 2.45) is 0 Å². The number of hydrogen-bond donors (Lipinski definition) is 0. The molecule has 26 heavy (non-hydrogen) atoms. The van der Waals surface area contributed by atoms with Crippen molar-refractivity contribution in [2.75, 3.05) is 7.05 Å². The number of ether oxygens (including phenoxy) is 1. The fourth-order valence-corrected chi connectivity index (χ4v) is 4.03. The summed E-state index contributed by atoms with van der Waals surface area (Å²) in [5, 5.41) is 0.502. The van der Waals surface area contributed by atoms with Crippen LogP contribution in [0.25, 0.3) is 0 Å². The molecule has 2 rings (SSSR count). The lowest BCUT2D eigenvalue weighted by Crippen LogP contribution is -2.33. The molecule has 0 saturated heterocycles. The van der Waals surface area contributed by atoms with E-state index >= 15 is 0 Å². The van der Waals surface area contributed by atoms with E-state index in [0.29, 0.717) is 10.6 Å². The second-order valence-corrected chi connectivity index (χ2v) is 8.62. The van der Waals surface area contributed by atoms with Gasteiger partial charge in [-0.3, -0.25) is 0 Å². The van der Waals surface area contributed by atoms with Crippen LogP contribution in [0.15, 0.2) is 53.4 Å². The molecule has 0 heterocycles.